The Labute approximate surface area is 147 Å². The fourth-order valence-corrected chi connectivity index (χ4v) is 4.73. The predicted molar refractivity (Wildman–Crippen MR) is 93.7 cm³/mol. The third kappa shape index (κ3) is 3.90. The van der Waals surface area contributed by atoms with Crippen LogP contribution in [0, 0.1) is 18.8 Å². The molecule has 0 unspecified atom stereocenters. The number of likely N-dealkylation sites (tertiary alicyclic amines) is 2. The molecule has 2 atom stereocenters. The zero-order valence-corrected chi connectivity index (χ0v) is 15.3. The Bertz CT molecular complexity index is 571. The van der Waals surface area contributed by atoms with Gasteiger partial charge in [-0.1, -0.05) is 11.3 Å². The van der Waals surface area contributed by atoms with E-state index in [0.29, 0.717) is 22.5 Å². The summed E-state index contributed by atoms with van der Waals surface area (Å²) >= 11 is 1.31. The molecule has 0 radical (unpaired) electrons. The van der Waals surface area contributed by atoms with Gasteiger partial charge in [0.05, 0.1) is 12.8 Å². The molecule has 2 saturated heterocycles. The van der Waals surface area contributed by atoms with E-state index in [4.69, 9.17) is 4.74 Å². The number of hydrogen-bond acceptors (Lipinski definition) is 6. The maximum atomic E-state index is 12.9. The first kappa shape index (κ1) is 17.6. The largest absolute Gasteiger partial charge is 0.473 e. The quantitative estimate of drug-likeness (QED) is 0.871. The lowest BCUT2D eigenvalue weighted by atomic mass is 9.89. The molecule has 134 valence electrons. The van der Waals surface area contributed by atoms with Gasteiger partial charge < -0.3 is 19.6 Å². The van der Waals surface area contributed by atoms with Crippen molar-refractivity contribution >= 4 is 17.2 Å². The normalized spacial score (nSPS) is 25.2. The standard InChI is InChI=1S/C17H27N3O3S/c1-12-15(24-17(18-12)23-2)16(22)20-9-13(7-14(10-20)11-21)8-19-5-3-4-6-19/h13-14,21H,3-11H2,1-2H3/t13-,14-/m1/s1. The number of ether oxygens (including phenoxy) is 1. The predicted octanol–water partition coefficient (Wildman–Crippen LogP) is 1.63. The third-order valence-corrected chi connectivity index (χ3v) is 6.14. The number of hydrogen-bond donors (Lipinski definition) is 1. The number of piperidine rings is 1. The van der Waals surface area contributed by atoms with Crippen LogP contribution in [0.15, 0.2) is 0 Å². The summed E-state index contributed by atoms with van der Waals surface area (Å²) in [6.07, 6.45) is 3.55. The van der Waals surface area contributed by atoms with E-state index in [9.17, 15) is 9.90 Å². The number of aryl methyl sites for hydroxylation is 1. The number of aliphatic hydroxyl groups is 1. The highest BCUT2D eigenvalue weighted by molar-refractivity contribution is 7.15. The van der Waals surface area contributed by atoms with Crippen molar-refractivity contribution in [2.24, 2.45) is 11.8 Å². The van der Waals surface area contributed by atoms with E-state index in [1.807, 2.05) is 11.8 Å². The van der Waals surface area contributed by atoms with Crippen LogP contribution in [0.25, 0.3) is 0 Å². The minimum Gasteiger partial charge on any atom is -0.473 e. The van der Waals surface area contributed by atoms with Gasteiger partial charge in [0.15, 0.2) is 0 Å². The fraction of sp³-hybridized carbons (Fsp3) is 0.765. The molecule has 0 aromatic carbocycles. The summed E-state index contributed by atoms with van der Waals surface area (Å²) in [5.41, 5.74) is 0.726. The summed E-state index contributed by atoms with van der Waals surface area (Å²) < 4.78 is 5.16. The number of aromatic nitrogens is 1. The maximum absolute atomic E-state index is 12.9. The molecule has 1 amide bonds. The van der Waals surface area contributed by atoms with Crippen molar-refractivity contribution in [3.8, 4) is 5.19 Å². The average Bonchev–Trinajstić information content (AvgIpc) is 3.23. The second-order valence-electron chi connectivity index (χ2n) is 6.97. The second kappa shape index (κ2) is 7.80. The first-order chi connectivity index (χ1) is 11.6. The Hall–Kier alpha value is -1.18. The van der Waals surface area contributed by atoms with Gasteiger partial charge in [0, 0.05) is 26.2 Å². The van der Waals surface area contributed by atoms with Crippen LogP contribution < -0.4 is 4.74 Å². The van der Waals surface area contributed by atoms with Crippen LogP contribution in [0.1, 0.15) is 34.6 Å². The Morgan fingerprint density at radius 3 is 2.67 bits per heavy atom. The molecule has 3 heterocycles. The molecule has 0 saturated carbocycles. The van der Waals surface area contributed by atoms with Crippen molar-refractivity contribution in [2.45, 2.75) is 26.2 Å². The molecule has 6 nitrogen and oxygen atoms in total. The molecular formula is C17H27N3O3S. The lowest BCUT2D eigenvalue weighted by Crippen LogP contribution is -2.47. The Morgan fingerprint density at radius 1 is 1.33 bits per heavy atom. The van der Waals surface area contributed by atoms with Gasteiger partial charge in [-0.3, -0.25) is 4.79 Å². The lowest BCUT2D eigenvalue weighted by Gasteiger charge is -2.38. The summed E-state index contributed by atoms with van der Waals surface area (Å²) in [5.74, 6) is 0.636. The molecule has 2 aliphatic heterocycles. The highest BCUT2D eigenvalue weighted by atomic mass is 32.1. The maximum Gasteiger partial charge on any atom is 0.273 e. The number of aliphatic hydroxyl groups excluding tert-OH is 1. The first-order valence-corrected chi connectivity index (χ1v) is 9.56. The molecule has 0 bridgehead atoms. The molecule has 0 aliphatic carbocycles. The van der Waals surface area contributed by atoms with Crippen LogP contribution in [-0.4, -0.2) is 72.2 Å². The molecule has 3 rings (SSSR count). The van der Waals surface area contributed by atoms with E-state index in [1.165, 1.54) is 37.3 Å². The molecule has 24 heavy (non-hydrogen) atoms. The highest BCUT2D eigenvalue weighted by Crippen LogP contribution is 2.29. The van der Waals surface area contributed by atoms with Gasteiger partial charge in [-0.05, 0) is 51.1 Å². The molecule has 1 aromatic rings. The minimum absolute atomic E-state index is 0.0258. The number of carbonyl (C=O) groups excluding carboxylic acids is 1. The van der Waals surface area contributed by atoms with Gasteiger partial charge in [0.2, 0.25) is 0 Å². The number of methoxy groups -OCH3 is 1. The van der Waals surface area contributed by atoms with Crippen molar-refractivity contribution < 1.29 is 14.6 Å². The van der Waals surface area contributed by atoms with Crippen molar-refractivity contribution in [1.82, 2.24) is 14.8 Å². The molecule has 7 heteroatoms. The Kier molecular flexibility index (Phi) is 5.73. The number of rotatable bonds is 5. The van der Waals surface area contributed by atoms with Crippen molar-refractivity contribution in [3.05, 3.63) is 10.6 Å². The molecular weight excluding hydrogens is 326 g/mol. The summed E-state index contributed by atoms with van der Waals surface area (Å²) in [7, 11) is 1.57. The van der Waals surface area contributed by atoms with E-state index < -0.39 is 0 Å². The molecule has 0 spiro atoms. The van der Waals surface area contributed by atoms with E-state index >= 15 is 0 Å². The number of thiazole rings is 1. The summed E-state index contributed by atoms with van der Waals surface area (Å²) in [4.78, 5) is 22.3. The van der Waals surface area contributed by atoms with Crippen molar-refractivity contribution in [1.29, 1.82) is 0 Å². The van der Waals surface area contributed by atoms with Crippen molar-refractivity contribution in [2.75, 3.05) is 46.4 Å². The monoisotopic (exact) mass is 353 g/mol. The second-order valence-corrected chi connectivity index (χ2v) is 7.93. The van der Waals surface area contributed by atoms with Crippen LogP contribution >= 0.6 is 11.3 Å². The van der Waals surface area contributed by atoms with E-state index in [1.54, 1.807) is 7.11 Å². The average molecular weight is 353 g/mol. The molecule has 1 aromatic heterocycles. The molecule has 2 aliphatic rings. The van der Waals surface area contributed by atoms with Crippen LogP contribution in [-0.2, 0) is 0 Å². The molecule has 1 N–H and O–H groups in total. The van der Waals surface area contributed by atoms with Crippen LogP contribution in [0.4, 0.5) is 0 Å². The topological polar surface area (TPSA) is 65.9 Å². The van der Waals surface area contributed by atoms with Gasteiger partial charge in [0.25, 0.3) is 11.1 Å². The van der Waals surface area contributed by atoms with Crippen LogP contribution in [0.3, 0.4) is 0 Å². The first-order valence-electron chi connectivity index (χ1n) is 8.74. The van der Waals surface area contributed by atoms with Crippen LogP contribution in [0.5, 0.6) is 5.19 Å². The van der Waals surface area contributed by atoms with Gasteiger partial charge >= 0.3 is 0 Å². The van der Waals surface area contributed by atoms with Crippen LogP contribution in [0.2, 0.25) is 0 Å². The number of carbonyl (C=O) groups is 1. The summed E-state index contributed by atoms with van der Waals surface area (Å²) in [5, 5.41) is 10.2. The fourth-order valence-electron chi connectivity index (χ4n) is 3.88. The zero-order valence-electron chi connectivity index (χ0n) is 14.5. The lowest BCUT2D eigenvalue weighted by molar-refractivity contribution is 0.0469. The SMILES string of the molecule is COc1nc(C)c(C(=O)N2C[C@H](CO)C[C@H](CN3CCCC3)C2)s1. The zero-order chi connectivity index (χ0) is 17.1. The van der Waals surface area contributed by atoms with Gasteiger partial charge in [-0.15, -0.1) is 0 Å². The van der Waals surface area contributed by atoms with Gasteiger partial charge in [-0.25, -0.2) is 4.98 Å². The summed E-state index contributed by atoms with van der Waals surface area (Å²) in [6.45, 7) is 6.76. The van der Waals surface area contributed by atoms with E-state index in [2.05, 4.69) is 9.88 Å². The van der Waals surface area contributed by atoms with Crippen molar-refractivity contribution in [3.63, 3.8) is 0 Å². The molecule has 2 fully saturated rings. The number of nitrogens with zero attached hydrogens (tertiary/aromatic N) is 3. The Morgan fingerprint density at radius 2 is 2.04 bits per heavy atom. The Balaban J connectivity index is 1.70. The van der Waals surface area contributed by atoms with Gasteiger partial charge in [-0.2, -0.15) is 0 Å². The van der Waals surface area contributed by atoms with E-state index in [-0.39, 0.29) is 18.4 Å². The highest BCUT2D eigenvalue weighted by Gasteiger charge is 2.33. The minimum atomic E-state index is 0.0258. The third-order valence-electron chi connectivity index (χ3n) is 5.03. The number of amides is 1. The van der Waals surface area contributed by atoms with E-state index in [0.717, 1.165) is 25.2 Å². The summed E-state index contributed by atoms with van der Waals surface area (Å²) in [6, 6.07) is 0. The smallest absolute Gasteiger partial charge is 0.273 e. The van der Waals surface area contributed by atoms with Gasteiger partial charge in [0.1, 0.15) is 4.88 Å².